The molecule has 0 saturated heterocycles. The number of carbonyl (C=O) groups excluding carboxylic acids is 1. The van der Waals surface area contributed by atoms with Gasteiger partial charge in [0.05, 0.1) is 7.11 Å². The maximum absolute atomic E-state index is 12.5. The highest BCUT2D eigenvalue weighted by molar-refractivity contribution is 8.00. The smallest absolute Gasteiger partial charge is 0.446 e. The molecule has 9 heteroatoms. The molecule has 1 aromatic heterocycles. The number of halogens is 3. The average molecular weight is 386 g/mol. The van der Waals surface area contributed by atoms with E-state index in [-0.39, 0.29) is 34.0 Å². The van der Waals surface area contributed by atoms with Gasteiger partial charge in [-0.05, 0) is 36.4 Å². The molecule has 0 radical (unpaired) electrons. The van der Waals surface area contributed by atoms with E-state index in [0.29, 0.717) is 12.3 Å². The van der Waals surface area contributed by atoms with E-state index < -0.39 is 11.4 Å². The third kappa shape index (κ3) is 6.14. The topological polar surface area (TPSA) is 60.5 Å². The van der Waals surface area contributed by atoms with Gasteiger partial charge in [0.15, 0.2) is 0 Å². The number of nitrogens with one attached hydrogen (secondary N) is 1. The normalized spacial score (nSPS) is 11.1. The summed E-state index contributed by atoms with van der Waals surface area (Å²) in [6.45, 7) is 2.41. The predicted octanol–water partition coefficient (Wildman–Crippen LogP) is 4.63. The number of hydrogen-bond donors (Lipinski definition) is 1. The highest BCUT2D eigenvalue weighted by Crippen LogP contribution is 2.38. The summed E-state index contributed by atoms with van der Waals surface area (Å²) in [6.07, 6.45) is 0.767. The van der Waals surface area contributed by atoms with Crippen LogP contribution in [0.5, 0.6) is 17.4 Å². The number of amides is 1. The molecule has 0 spiro atoms. The van der Waals surface area contributed by atoms with Crippen LogP contribution in [0.25, 0.3) is 0 Å². The second-order valence-corrected chi connectivity index (χ2v) is 6.25. The van der Waals surface area contributed by atoms with Crippen molar-refractivity contribution in [2.45, 2.75) is 23.7 Å². The lowest BCUT2D eigenvalue weighted by molar-refractivity contribution is -0.0328. The van der Waals surface area contributed by atoms with E-state index >= 15 is 0 Å². The number of pyridine rings is 1. The number of thioether (sulfide) groups is 1. The lowest BCUT2D eigenvalue weighted by atomic mass is 10.3. The van der Waals surface area contributed by atoms with E-state index in [0.717, 1.165) is 6.42 Å². The zero-order valence-corrected chi connectivity index (χ0v) is 14.9. The van der Waals surface area contributed by atoms with Gasteiger partial charge in [0.25, 0.3) is 5.91 Å². The molecule has 0 saturated carbocycles. The van der Waals surface area contributed by atoms with Gasteiger partial charge >= 0.3 is 5.51 Å². The number of methoxy groups -OCH3 is 1. The van der Waals surface area contributed by atoms with Crippen LogP contribution < -0.4 is 14.8 Å². The minimum absolute atomic E-state index is 0.0150. The molecule has 1 amide bonds. The number of carbonyl (C=O) groups is 1. The van der Waals surface area contributed by atoms with Crippen LogP contribution in [-0.2, 0) is 0 Å². The second kappa shape index (κ2) is 8.79. The summed E-state index contributed by atoms with van der Waals surface area (Å²) in [6, 6.07) is 8.41. The molecule has 0 atom stereocenters. The van der Waals surface area contributed by atoms with Gasteiger partial charge in [-0.3, -0.25) is 4.79 Å². The molecule has 0 unspecified atom stereocenters. The maximum Gasteiger partial charge on any atom is 0.446 e. The number of rotatable bonds is 7. The zero-order chi connectivity index (χ0) is 19.2. The minimum Gasteiger partial charge on any atom is -0.496 e. The Labute approximate surface area is 152 Å². The van der Waals surface area contributed by atoms with Crippen molar-refractivity contribution in [3.63, 3.8) is 0 Å². The van der Waals surface area contributed by atoms with Crippen molar-refractivity contribution < 1.29 is 27.4 Å². The van der Waals surface area contributed by atoms with Gasteiger partial charge < -0.3 is 14.8 Å². The largest absolute Gasteiger partial charge is 0.496 e. The Kier molecular flexibility index (Phi) is 6.73. The molecular formula is C17H17F3N2O3S. The monoisotopic (exact) mass is 386 g/mol. The number of ether oxygens (including phenoxy) is 2. The van der Waals surface area contributed by atoms with Crippen LogP contribution >= 0.6 is 11.8 Å². The van der Waals surface area contributed by atoms with E-state index in [1.165, 1.54) is 43.5 Å². The van der Waals surface area contributed by atoms with Crippen LogP contribution in [0.4, 0.5) is 13.2 Å². The Hall–Kier alpha value is -2.42. The van der Waals surface area contributed by atoms with Crippen molar-refractivity contribution >= 4 is 17.7 Å². The molecule has 0 bridgehead atoms. The molecule has 0 aliphatic rings. The maximum atomic E-state index is 12.5. The van der Waals surface area contributed by atoms with Crippen molar-refractivity contribution in [3.8, 4) is 17.4 Å². The van der Waals surface area contributed by atoms with E-state index in [9.17, 15) is 18.0 Å². The zero-order valence-electron chi connectivity index (χ0n) is 14.1. The summed E-state index contributed by atoms with van der Waals surface area (Å²) in [5, 5.41) is 2.68. The van der Waals surface area contributed by atoms with Crippen molar-refractivity contribution in [3.05, 3.63) is 42.1 Å². The Morgan fingerprint density at radius 3 is 2.65 bits per heavy atom. The van der Waals surface area contributed by atoms with Crippen molar-refractivity contribution in [2.75, 3.05) is 13.7 Å². The minimum atomic E-state index is -4.39. The summed E-state index contributed by atoms with van der Waals surface area (Å²) >= 11 is -0.239. The van der Waals surface area contributed by atoms with E-state index in [1.807, 2.05) is 6.92 Å². The molecule has 0 aliphatic heterocycles. The Morgan fingerprint density at radius 1 is 1.23 bits per heavy atom. The number of aromatic nitrogens is 1. The molecule has 0 aliphatic carbocycles. The number of benzene rings is 1. The van der Waals surface area contributed by atoms with Gasteiger partial charge in [-0.1, -0.05) is 13.0 Å². The summed E-state index contributed by atoms with van der Waals surface area (Å²) in [5.41, 5.74) is -4.30. The summed E-state index contributed by atoms with van der Waals surface area (Å²) in [7, 11) is 1.42. The molecule has 1 aromatic carbocycles. The Balaban J connectivity index is 2.23. The van der Waals surface area contributed by atoms with E-state index in [4.69, 9.17) is 9.47 Å². The number of alkyl halides is 3. The first kappa shape index (κ1) is 19.9. The lowest BCUT2D eigenvalue weighted by Crippen LogP contribution is -2.25. The van der Waals surface area contributed by atoms with Crippen molar-refractivity contribution in [2.24, 2.45) is 0 Å². The van der Waals surface area contributed by atoms with Crippen LogP contribution in [0.15, 0.2) is 41.3 Å². The van der Waals surface area contributed by atoms with Gasteiger partial charge in [0.2, 0.25) is 5.88 Å². The van der Waals surface area contributed by atoms with Gasteiger partial charge in [-0.15, -0.1) is 0 Å². The highest BCUT2D eigenvalue weighted by atomic mass is 32.2. The highest BCUT2D eigenvalue weighted by Gasteiger charge is 2.29. The fourth-order valence-electron chi connectivity index (χ4n) is 1.95. The number of hydrogen-bond acceptors (Lipinski definition) is 5. The predicted molar refractivity (Wildman–Crippen MR) is 91.8 cm³/mol. The average Bonchev–Trinajstić information content (AvgIpc) is 2.58. The third-order valence-electron chi connectivity index (χ3n) is 3.04. The van der Waals surface area contributed by atoms with E-state index in [2.05, 4.69) is 10.3 Å². The van der Waals surface area contributed by atoms with Crippen molar-refractivity contribution in [1.82, 2.24) is 10.3 Å². The van der Waals surface area contributed by atoms with E-state index in [1.54, 1.807) is 0 Å². The first-order valence-corrected chi connectivity index (χ1v) is 8.50. The molecule has 1 N–H and O–H groups in total. The molecule has 5 nitrogen and oxygen atoms in total. The second-order valence-electron chi connectivity index (χ2n) is 5.11. The SMILES string of the molecule is CCCNC(=O)c1cc(OC)cc(Oc2cccc(SC(F)(F)F)c2)n1. The fraction of sp³-hybridized carbons (Fsp3) is 0.294. The van der Waals surface area contributed by atoms with Crippen LogP contribution in [0.3, 0.4) is 0 Å². The number of nitrogens with zero attached hydrogens (tertiary/aromatic N) is 1. The van der Waals surface area contributed by atoms with Crippen molar-refractivity contribution in [1.29, 1.82) is 0 Å². The van der Waals surface area contributed by atoms with Crippen LogP contribution in [0.1, 0.15) is 23.8 Å². The standard InChI is InChI=1S/C17H17F3N2O3S/c1-3-7-21-16(23)14-9-12(24-2)10-15(22-14)25-11-5-4-6-13(8-11)26-17(18,19)20/h4-6,8-10H,3,7H2,1-2H3,(H,21,23). The molecule has 140 valence electrons. The molecule has 2 aromatic rings. The molecule has 1 heterocycles. The van der Waals surface area contributed by atoms with Gasteiger partial charge in [0.1, 0.15) is 17.2 Å². The van der Waals surface area contributed by atoms with Crippen LogP contribution in [-0.4, -0.2) is 30.1 Å². The Morgan fingerprint density at radius 2 is 2.00 bits per heavy atom. The van der Waals surface area contributed by atoms with Gasteiger partial charge in [-0.2, -0.15) is 13.2 Å². The molecular weight excluding hydrogens is 369 g/mol. The van der Waals surface area contributed by atoms with Gasteiger partial charge in [-0.25, -0.2) is 4.98 Å². The Bertz CT molecular complexity index is 769. The molecule has 26 heavy (non-hydrogen) atoms. The lowest BCUT2D eigenvalue weighted by Gasteiger charge is -2.11. The summed E-state index contributed by atoms with van der Waals surface area (Å²) in [5.74, 6) is 0.162. The first-order valence-electron chi connectivity index (χ1n) is 7.68. The third-order valence-corrected chi connectivity index (χ3v) is 3.76. The quantitative estimate of drug-likeness (QED) is 0.703. The fourth-order valence-corrected chi connectivity index (χ4v) is 2.54. The molecule has 2 rings (SSSR count). The summed E-state index contributed by atoms with van der Waals surface area (Å²) in [4.78, 5) is 16.1. The van der Waals surface area contributed by atoms with Gasteiger partial charge in [0, 0.05) is 23.6 Å². The van der Waals surface area contributed by atoms with Crippen LogP contribution in [0.2, 0.25) is 0 Å². The summed E-state index contributed by atoms with van der Waals surface area (Å²) < 4.78 is 48.1. The first-order chi connectivity index (χ1) is 12.3. The molecule has 0 fully saturated rings. The van der Waals surface area contributed by atoms with Crippen LogP contribution in [0, 0.1) is 0 Å².